The van der Waals surface area contributed by atoms with Crippen molar-refractivity contribution >= 4 is 22.3 Å². The Morgan fingerprint density at radius 1 is 1.57 bits per heavy atom. The van der Waals surface area contributed by atoms with Crippen LogP contribution in [-0.4, -0.2) is 25.1 Å². The van der Waals surface area contributed by atoms with Crippen molar-refractivity contribution in [3.05, 3.63) is 21.1 Å². The highest BCUT2D eigenvalue weighted by atomic mass is 32.1. The summed E-state index contributed by atoms with van der Waals surface area (Å²) in [4.78, 5) is 21.0. The summed E-state index contributed by atoms with van der Waals surface area (Å²) in [7, 11) is 2.53. The van der Waals surface area contributed by atoms with Crippen molar-refractivity contribution in [3.63, 3.8) is 0 Å². The third kappa shape index (κ3) is 1.82. The first-order valence-electron chi connectivity index (χ1n) is 3.50. The second-order valence-corrected chi connectivity index (χ2v) is 3.26. The van der Waals surface area contributed by atoms with E-state index in [1.54, 1.807) is 0 Å². The average molecular weight is 217 g/mol. The quantitative estimate of drug-likeness (QED) is 0.435. The molecule has 0 radical (unpaired) electrons. The van der Waals surface area contributed by atoms with Gasteiger partial charge in [-0.1, -0.05) is 11.3 Å². The first kappa shape index (κ1) is 10.5. The normalized spacial score (nSPS) is 9.57. The fourth-order valence-electron chi connectivity index (χ4n) is 0.839. The highest BCUT2D eigenvalue weighted by molar-refractivity contribution is 7.17. The average Bonchev–Trinajstić information content (AvgIpc) is 2.60. The summed E-state index contributed by atoms with van der Waals surface area (Å²) in [5.41, 5.74) is 0. The standard InChI is InChI=1S/C7H7NO5S/c1-12-4-3-5(8(10)11)14-6(4)7(9)13-2/h3H,1-2H3. The van der Waals surface area contributed by atoms with Crippen LogP contribution < -0.4 is 4.74 Å². The molecule has 0 fully saturated rings. The van der Waals surface area contributed by atoms with E-state index in [2.05, 4.69) is 4.74 Å². The van der Waals surface area contributed by atoms with Gasteiger partial charge in [-0.05, 0) is 0 Å². The van der Waals surface area contributed by atoms with Crippen LogP contribution in [0.5, 0.6) is 5.75 Å². The number of esters is 1. The smallest absolute Gasteiger partial charge is 0.352 e. The molecule has 0 spiro atoms. The summed E-state index contributed by atoms with van der Waals surface area (Å²) >= 11 is 0.726. The van der Waals surface area contributed by atoms with Crippen molar-refractivity contribution in [2.45, 2.75) is 0 Å². The summed E-state index contributed by atoms with van der Waals surface area (Å²) < 4.78 is 9.24. The zero-order valence-corrected chi connectivity index (χ0v) is 8.29. The van der Waals surface area contributed by atoms with Crippen molar-refractivity contribution in [2.75, 3.05) is 14.2 Å². The Kier molecular flexibility index (Phi) is 3.03. The largest absolute Gasteiger partial charge is 0.495 e. The molecule has 1 aromatic heterocycles. The minimum absolute atomic E-state index is 0.0988. The van der Waals surface area contributed by atoms with E-state index in [0.29, 0.717) is 0 Å². The molecule has 0 amide bonds. The molecule has 0 saturated carbocycles. The summed E-state index contributed by atoms with van der Waals surface area (Å²) in [6.45, 7) is 0. The van der Waals surface area contributed by atoms with Crippen LogP contribution in [0, 0.1) is 10.1 Å². The Labute approximate surface area is 83.2 Å². The maximum Gasteiger partial charge on any atom is 0.352 e. The fraction of sp³-hybridized carbons (Fsp3) is 0.286. The molecule has 0 aliphatic rings. The van der Waals surface area contributed by atoms with Gasteiger partial charge in [0.2, 0.25) is 0 Å². The number of nitrogens with zero attached hydrogens (tertiary/aromatic N) is 1. The van der Waals surface area contributed by atoms with Gasteiger partial charge >= 0.3 is 11.0 Å². The van der Waals surface area contributed by atoms with Gasteiger partial charge in [-0.2, -0.15) is 0 Å². The van der Waals surface area contributed by atoms with Gasteiger partial charge in [0.05, 0.1) is 25.2 Å². The molecule has 0 bridgehead atoms. The highest BCUT2D eigenvalue weighted by Gasteiger charge is 2.22. The van der Waals surface area contributed by atoms with E-state index in [1.165, 1.54) is 20.3 Å². The summed E-state index contributed by atoms with van der Waals surface area (Å²) in [6.07, 6.45) is 0. The molecule has 14 heavy (non-hydrogen) atoms. The molecule has 1 aromatic rings. The molecule has 0 aromatic carbocycles. The molecular weight excluding hydrogens is 210 g/mol. The van der Waals surface area contributed by atoms with Crippen molar-refractivity contribution in [2.24, 2.45) is 0 Å². The zero-order chi connectivity index (χ0) is 10.7. The summed E-state index contributed by atoms with van der Waals surface area (Å²) in [5.74, 6) is -0.478. The first-order valence-corrected chi connectivity index (χ1v) is 4.32. The minimum Gasteiger partial charge on any atom is -0.495 e. The SMILES string of the molecule is COC(=O)c1sc([N+](=O)[O-])cc1OC. The van der Waals surface area contributed by atoms with Gasteiger partial charge < -0.3 is 9.47 Å². The van der Waals surface area contributed by atoms with Gasteiger partial charge in [0.25, 0.3) is 0 Å². The van der Waals surface area contributed by atoms with Crippen LogP contribution in [-0.2, 0) is 4.74 Å². The van der Waals surface area contributed by atoms with Crippen LogP contribution >= 0.6 is 11.3 Å². The Bertz CT molecular complexity index is 372. The van der Waals surface area contributed by atoms with Gasteiger partial charge in [0.1, 0.15) is 0 Å². The zero-order valence-electron chi connectivity index (χ0n) is 7.47. The van der Waals surface area contributed by atoms with Crippen LogP contribution in [0.1, 0.15) is 9.67 Å². The Hall–Kier alpha value is -1.63. The number of rotatable bonds is 3. The Balaban J connectivity index is 3.15. The van der Waals surface area contributed by atoms with E-state index in [0.717, 1.165) is 11.3 Å². The van der Waals surface area contributed by atoms with E-state index in [9.17, 15) is 14.9 Å². The molecule has 1 heterocycles. The highest BCUT2D eigenvalue weighted by Crippen LogP contribution is 2.34. The van der Waals surface area contributed by atoms with Crippen LogP contribution in [0.4, 0.5) is 5.00 Å². The number of carbonyl (C=O) groups excluding carboxylic acids is 1. The molecular formula is C7H7NO5S. The lowest BCUT2D eigenvalue weighted by Crippen LogP contribution is -1.99. The molecule has 0 aliphatic heterocycles. The van der Waals surface area contributed by atoms with Gasteiger partial charge in [-0.15, -0.1) is 0 Å². The van der Waals surface area contributed by atoms with Crippen LogP contribution in [0.15, 0.2) is 6.07 Å². The fourth-order valence-corrected chi connectivity index (χ4v) is 1.70. The predicted molar refractivity (Wildman–Crippen MR) is 48.9 cm³/mol. The van der Waals surface area contributed by atoms with Gasteiger partial charge in [0.15, 0.2) is 10.6 Å². The van der Waals surface area contributed by atoms with E-state index in [4.69, 9.17) is 4.74 Å². The van der Waals surface area contributed by atoms with E-state index >= 15 is 0 Å². The minimum atomic E-state index is -0.639. The van der Waals surface area contributed by atoms with Gasteiger partial charge in [-0.25, -0.2) is 4.79 Å². The third-order valence-corrected chi connectivity index (χ3v) is 2.50. The maximum absolute atomic E-state index is 11.1. The topological polar surface area (TPSA) is 78.7 Å². The van der Waals surface area contributed by atoms with Gasteiger partial charge in [0, 0.05) is 0 Å². The molecule has 7 heteroatoms. The van der Waals surface area contributed by atoms with Gasteiger partial charge in [-0.3, -0.25) is 10.1 Å². The lowest BCUT2D eigenvalue weighted by molar-refractivity contribution is -0.380. The van der Waals surface area contributed by atoms with Crippen LogP contribution in [0.3, 0.4) is 0 Å². The van der Waals surface area contributed by atoms with Crippen molar-refractivity contribution in [1.82, 2.24) is 0 Å². The Morgan fingerprint density at radius 3 is 2.64 bits per heavy atom. The van der Waals surface area contributed by atoms with Crippen molar-refractivity contribution in [1.29, 1.82) is 0 Å². The number of thiophene rings is 1. The number of hydrogen-bond acceptors (Lipinski definition) is 6. The van der Waals surface area contributed by atoms with E-state index in [1.807, 2.05) is 0 Å². The second kappa shape index (κ2) is 4.05. The molecule has 0 saturated heterocycles. The van der Waals surface area contributed by atoms with Crippen molar-refractivity contribution < 1.29 is 19.2 Å². The number of carbonyl (C=O) groups is 1. The lowest BCUT2D eigenvalue weighted by atomic mass is 10.4. The molecule has 6 nitrogen and oxygen atoms in total. The molecule has 76 valence electrons. The van der Waals surface area contributed by atoms with Crippen LogP contribution in [0.2, 0.25) is 0 Å². The molecule has 0 N–H and O–H groups in total. The third-order valence-electron chi connectivity index (χ3n) is 1.46. The lowest BCUT2D eigenvalue weighted by Gasteiger charge is -1.97. The molecule has 0 atom stereocenters. The Morgan fingerprint density at radius 2 is 2.21 bits per heavy atom. The van der Waals surface area contributed by atoms with E-state index in [-0.39, 0.29) is 15.6 Å². The number of hydrogen-bond donors (Lipinski definition) is 0. The summed E-state index contributed by atoms with van der Waals surface area (Å²) in [5, 5.41) is 10.3. The van der Waals surface area contributed by atoms with Crippen molar-refractivity contribution in [3.8, 4) is 5.75 Å². The number of methoxy groups -OCH3 is 2. The summed E-state index contributed by atoms with van der Waals surface area (Å²) in [6, 6.07) is 1.19. The monoisotopic (exact) mass is 217 g/mol. The molecule has 0 unspecified atom stereocenters. The number of ether oxygens (including phenoxy) is 2. The second-order valence-electron chi connectivity index (χ2n) is 2.23. The number of nitro groups is 1. The maximum atomic E-state index is 11.1. The van der Waals surface area contributed by atoms with E-state index < -0.39 is 10.9 Å². The molecule has 0 aliphatic carbocycles. The predicted octanol–water partition coefficient (Wildman–Crippen LogP) is 1.45. The first-order chi connectivity index (χ1) is 6.60. The van der Waals surface area contributed by atoms with Crippen LogP contribution in [0.25, 0.3) is 0 Å². The molecule has 1 rings (SSSR count).